The summed E-state index contributed by atoms with van der Waals surface area (Å²) in [5, 5.41) is 9.05. The van der Waals surface area contributed by atoms with Crippen molar-refractivity contribution >= 4 is 11.8 Å². The molecule has 1 heterocycles. The summed E-state index contributed by atoms with van der Waals surface area (Å²) in [5.74, 6) is -1.31. The summed E-state index contributed by atoms with van der Waals surface area (Å²) in [6.07, 6.45) is 0. The zero-order valence-corrected chi connectivity index (χ0v) is 9.02. The van der Waals surface area contributed by atoms with E-state index >= 15 is 0 Å². The third-order valence-corrected chi connectivity index (χ3v) is 1.77. The van der Waals surface area contributed by atoms with Gasteiger partial charge in [0, 0.05) is 0 Å². The number of hydrogen-bond acceptors (Lipinski definition) is 3. The Hall–Kier alpha value is -0.680. The second-order valence-corrected chi connectivity index (χ2v) is 2.47. The maximum Gasteiger partial charge on any atom is 1.00 e. The van der Waals surface area contributed by atoms with Gasteiger partial charge in [-0.3, -0.25) is 14.8 Å². The summed E-state index contributed by atoms with van der Waals surface area (Å²) in [7, 11) is 0. The van der Waals surface area contributed by atoms with Crippen LogP contribution in [0.5, 0.6) is 0 Å². The fourth-order valence-electron chi connectivity index (χ4n) is 1.18. The molecular weight excluding hydrogens is 181 g/mol. The number of rotatable bonds is 0. The molecule has 0 saturated heterocycles. The fourth-order valence-corrected chi connectivity index (χ4v) is 1.18. The topological polar surface area (TPSA) is 57.6 Å². The van der Waals surface area contributed by atoms with Crippen molar-refractivity contribution < 1.29 is 45.8 Å². The van der Waals surface area contributed by atoms with Crippen molar-refractivity contribution in [1.29, 1.82) is 0 Å². The average molecular weight is 187 g/mol. The molecule has 2 rings (SSSR count). The number of nitrogens with zero attached hydrogens (tertiary/aromatic N) is 1. The van der Waals surface area contributed by atoms with E-state index < -0.39 is 11.8 Å². The van der Waals surface area contributed by atoms with Crippen LogP contribution in [0, 0.1) is 0 Å². The summed E-state index contributed by atoms with van der Waals surface area (Å²) in [6.45, 7) is 0. The van der Waals surface area contributed by atoms with E-state index in [2.05, 4.69) is 0 Å². The van der Waals surface area contributed by atoms with Crippen molar-refractivity contribution in [2.45, 2.75) is 0 Å². The quantitative estimate of drug-likeness (QED) is 0.284. The molecule has 0 unspecified atom stereocenters. The first-order valence-electron chi connectivity index (χ1n) is 3.38. The van der Waals surface area contributed by atoms with Crippen molar-refractivity contribution in [2.75, 3.05) is 0 Å². The van der Waals surface area contributed by atoms with Crippen LogP contribution in [0.3, 0.4) is 0 Å². The first-order valence-corrected chi connectivity index (χ1v) is 3.38. The molecule has 0 aromatic heterocycles. The molecule has 0 atom stereocenters. The number of hydrogen-bond donors (Lipinski definition) is 1. The minimum atomic E-state index is -0.657. The molecule has 0 spiro atoms. The molecule has 5 heteroatoms. The normalized spacial score (nSPS) is 14.1. The van der Waals surface area contributed by atoms with Crippen LogP contribution >= 0.6 is 0 Å². The Morgan fingerprint density at radius 2 is 1.46 bits per heavy atom. The molecule has 0 fully saturated rings. The first-order chi connectivity index (χ1) is 5.72. The van der Waals surface area contributed by atoms with E-state index in [-0.39, 0.29) is 47.2 Å². The van der Waals surface area contributed by atoms with Gasteiger partial charge < -0.3 is 1.43 Å². The zero-order chi connectivity index (χ0) is 8.72. The molecule has 1 aromatic rings. The van der Waals surface area contributed by atoms with Gasteiger partial charge in [-0.05, 0) is 12.1 Å². The van der Waals surface area contributed by atoms with E-state index in [0.29, 0.717) is 0 Å². The van der Waals surface area contributed by atoms with Crippen LogP contribution in [-0.2, 0) is 0 Å². The van der Waals surface area contributed by atoms with Gasteiger partial charge in [-0.2, -0.15) is 0 Å². The van der Waals surface area contributed by atoms with Crippen molar-refractivity contribution in [3.63, 3.8) is 0 Å². The zero-order valence-electron chi connectivity index (χ0n) is 8.02. The van der Waals surface area contributed by atoms with Crippen molar-refractivity contribution in [2.24, 2.45) is 0 Å². The molecule has 13 heavy (non-hydrogen) atoms. The molecule has 0 bridgehead atoms. The molecule has 0 aliphatic carbocycles. The second kappa shape index (κ2) is 3.59. The number of imide groups is 1. The Kier molecular flexibility index (Phi) is 2.87. The van der Waals surface area contributed by atoms with E-state index in [4.69, 9.17) is 5.21 Å². The fraction of sp³-hybridized carbons (Fsp3) is 0. The number of fused-ring (bicyclic) bond motifs is 1. The van der Waals surface area contributed by atoms with E-state index in [1.54, 1.807) is 12.1 Å². The Bertz CT molecular complexity index is 348. The number of amides is 2. The molecule has 1 aromatic carbocycles. The van der Waals surface area contributed by atoms with Crippen LogP contribution in [-0.4, -0.2) is 22.1 Å². The minimum Gasteiger partial charge on any atom is -1.00 e. The van der Waals surface area contributed by atoms with Gasteiger partial charge in [0.2, 0.25) is 0 Å². The van der Waals surface area contributed by atoms with Gasteiger partial charge >= 0.3 is 29.6 Å². The van der Waals surface area contributed by atoms with Crippen LogP contribution in [0.1, 0.15) is 22.1 Å². The molecule has 1 aliphatic heterocycles. The van der Waals surface area contributed by atoms with Crippen LogP contribution in [0.2, 0.25) is 0 Å². The van der Waals surface area contributed by atoms with Crippen LogP contribution in [0.4, 0.5) is 0 Å². The van der Waals surface area contributed by atoms with E-state index in [1.807, 2.05) is 0 Å². The number of carbonyl (C=O) groups is 2. The van der Waals surface area contributed by atoms with Gasteiger partial charge in [0.05, 0.1) is 11.1 Å². The molecule has 62 valence electrons. The smallest absolute Gasteiger partial charge is 1.00 e. The third-order valence-electron chi connectivity index (χ3n) is 1.77. The predicted octanol–water partition coefficient (Wildman–Crippen LogP) is -2.21. The van der Waals surface area contributed by atoms with Gasteiger partial charge in [-0.15, -0.1) is 5.06 Å². The third kappa shape index (κ3) is 1.42. The van der Waals surface area contributed by atoms with Gasteiger partial charge in [0.15, 0.2) is 0 Å². The Balaban J connectivity index is 0.000000845. The molecule has 2 amide bonds. The largest absolute Gasteiger partial charge is 1.00 e. The Morgan fingerprint density at radius 1 is 1.08 bits per heavy atom. The van der Waals surface area contributed by atoms with Crippen LogP contribution < -0.4 is 29.6 Å². The number of benzene rings is 1. The van der Waals surface area contributed by atoms with E-state index in [0.717, 1.165) is 0 Å². The van der Waals surface area contributed by atoms with E-state index in [1.165, 1.54) is 12.1 Å². The van der Waals surface area contributed by atoms with Crippen LogP contribution in [0.25, 0.3) is 0 Å². The maximum absolute atomic E-state index is 11.1. The van der Waals surface area contributed by atoms with Gasteiger partial charge in [0.1, 0.15) is 0 Å². The molecule has 4 nitrogen and oxygen atoms in total. The molecular formula is C8H6NNaO3. The predicted molar refractivity (Wildman–Crippen MR) is 39.8 cm³/mol. The van der Waals surface area contributed by atoms with E-state index in [9.17, 15) is 9.59 Å². The maximum atomic E-state index is 11.1. The van der Waals surface area contributed by atoms with Gasteiger partial charge in [-0.1, -0.05) is 12.1 Å². The van der Waals surface area contributed by atoms with Crippen LogP contribution in [0.15, 0.2) is 24.3 Å². The standard InChI is InChI=1S/C8H5NO3.Na.H/c10-7-5-3-1-2-4-6(5)8(11)9(7)12;;/h1-4,12H;;/q;+1;-1. The molecule has 1 aliphatic rings. The summed E-state index contributed by atoms with van der Waals surface area (Å²) in [5.41, 5.74) is 0.509. The monoisotopic (exact) mass is 187 g/mol. The Morgan fingerprint density at radius 3 is 1.85 bits per heavy atom. The SMILES string of the molecule is O=C1c2ccccc2C(=O)N1O.[H-].[Na+]. The van der Waals surface area contributed by atoms with Gasteiger partial charge in [-0.25, -0.2) is 0 Å². The molecule has 0 saturated carbocycles. The summed E-state index contributed by atoms with van der Waals surface area (Å²) in [4.78, 5) is 22.1. The average Bonchev–Trinajstić information content (AvgIpc) is 2.33. The Labute approximate surface area is 97.9 Å². The van der Waals surface area contributed by atoms with Gasteiger partial charge in [0.25, 0.3) is 11.8 Å². The molecule has 1 N–H and O–H groups in total. The summed E-state index contributed by atoms with van der Waals surface area (Å²) in [6, 6.07) is 6.30. The van der Waals surface area contributed by atoms with Crippen molar-refractivity contribution in [1.82, 2.24) is 5.06 Å². The van der Waals surface area contributed by atoms with Crippen molar-refractivity contribution in [3.05, 3.63) is 35.4 Å². The minimum absolute atomic E-state index is 0. The number of carbonyl (C=O) groups excluding carboxylic acids is 2. The number of hydroxylamine groups is 2. The van der Waals surface area contributed by atoms with Crippen molar-refractivity contribution in [3.8, 4) is 0 Å². The summed E-state index contributed by atoms with van der Waals surface area (Å²) >= 11 is 0. The summed E-state index contributed by atoms with van der Waals surface area (Å²) < 4.78 is 0. The first kappa shape index (κ1) is 10.4. The molecule has 0 radical (unpaired) electrons. The second-order valence-electron chi connectivity index (χ2n) is 2.47.